The van der Waals surface area contributed by atoms with Gasteiger partial charge in [-0.25, -0.2) is 0 Å². The van der Waals surface area contributed by atoms with Crippen LogP contribution in [0.15, 0.2) is 0 Å². The monoisotopic (exact) mass is 270 g/mol. The highest BCUT2D eigenvalue weighted by atomic mass is 32.1. The highest BCUT2D eigenvalue weighted by Crippen LogP contribution is 2.28. The van der Waals surface area contributed by atoms with Crippen molar-refractivity contribution in [2.45, 2.75) is 39.0 Å². The Kier molecular flexibility index (Phi) is 4.34. The van der Waals surface area contributed by atoms with Crippen LogP contribution in [0.2, 0.25) is 0 Å². The molecule has 2 rings (SSSR count). The Bertz CT molecular complexity index is 446. The first-order valence-corrected chi connectivity index (χ1v) is 7.33. The standard InChI is InChI=1S/C12H18N2OS2/c1-8-10(17-12(16)14-8)7-11(15)13-6-5-9-3-2-4-9/h9H,2-7H2,1H3,(H,13,15)(H,14,16). The third-order valence-corrected chi connectivity index (χ3v) is 4.68. The van der Waals surface area contributed by atoms with Gasteiger partial charge >= 0.3 is 0 Å². The molecule has 2 N–H and O–H groups in total. The van der Waals surface area contributed by atoms with Crippen LogP contribution in [0.4, 0.5) is 0 Å². The SMILES string of the molecule is Cc1[nH]c(=S)sc1CC(=O)NCCC1CCC1. The topological polar surface area (TPSA) is 44.9 Å². The molecule has 1 aliphatic rings. The van der Waals surface area contributed by atoms with Gasteiger partial charge in [0, 0.05) is 17.1 Å². The zero-order valence-corrected chi connectivity index (χ0v) is 11.7. The number of aromatic nitrogens is 1. The molecule has 3 nitrogen and oxygen atoms in total. The molecule has 0 radical (unpaired) electrons. The van der Waals surface area contributed by atoms with Crippen molar-refractivity contribution < 1.29 is 4.79 Å². The summed E-state index contributed by atoms with van der Waals surface area (Å²) in [6.45, 7) is 2.78. The lowest BCUT2D eigenvalue weighted by atomic mass is 9.83. The zero-order chi connectivity index (χ0) is 12.3. The molecule has 1 aliphatic carbocycles. The summed E-state index contributed by atoms with van der Waals surface area (Å²) in [6, 6.07) is 0. The van der Waals surface area contributed by atoms with Crippen LogP contribution in [0.5, 0.6) is 0 Å². The van der Waals surface area contributed by atoms with E-state index in [0.717, 1.165) is 33.4 Å². The Morgan fingerprint density at radius 1 is 1.59 bits per heavy atom. The predicted molar refractivity (Wildman–Crippen MR) is 72.9 cm³/mol. The molecule has 0 bridgehead atoms. The molecular formula is C12H18N2OS2. The van der Waals surface area contributed by atoms with E-state index in [9.17, 15) is 4.79 Å². The second-order valence-electron chi connectivity index (χ2n) is 4.68. The van der Waals surface area contributed by atoms with Crippen LogP contribution in [0.25, 0.3) is 0 Å². The molecule has 0 aliphatic heterocycles. The van der Waals surface area contributed by atoms with Crippen molar-refractivity contribution >= 4 is 29.5 Å². The van der Waals surface area contributed by atoms with Crippen LogP contribution >= 0.6 is 23.6 Å². The molecule has 1 aromatic heterocycles. The number of hydrogen-bond acceptors (Lipinski definition) is 3. The van der Waals surface area contributed by atoms with Gasteiger partial charge in [0.25, 0.3) is 0 Å². The number of carbonyl (C=O) groups is 1. The molecule has 0 saturated heterocycles. The normalized spacial score (nSPS) is 15.6. The van der Waals surface area contributed by atoms with Crippen molar-refractivity contribution in [3.8, 4) is 0 Å². The van der Waals surface area contributed by atoms with Gasteiger partial charge < -0.3 is 10.3 Å². The molecule has 0 aromatic carbocycles. The van der Waals surface area contributed by atoms with Crippen molar-refractivity contribution in [2.24, 2.45) is 5.92 Å². The first-order valence-electron chi connectivity index (χ1n) is 6.10. The number of thiazole rings is 1. The van der Waals surface area contributed by atoms with Gasteiger partial charge in [0.2, 0.25) is 5.91 Å². The molecule has 1 fully saturated rings. The second kappa shape index (κ2) is 5.78. The minimum Gasteiger partial charge on any atom is -0.356 e. The summed E-state index contributed by atoms with van der Waals surface area (Å²) in [5, 5.41) is 2.99. The first kappa shape index (κ1) is 12.8. The van der Waals surface area contributed by atoms with E-state index in [1.54, 1.807) is 0 Å². The maximum absolute atomic E-state index is 11.7. The van der Waals surface area contributed by atoms with Crippen molar-refractivity contribution in [3.63, 3.8) is 0 Å². The summed E-state index contributed by atoms with van der Waals surface area (Å²) in [5.41, 5.74) is 1.02. The lowest BCUT2D eigenvalue weighted by Gasteiger charge is -2.25. The minimum atomic E-state index is 0.109. The van der Waals surface area contributed by atoms with Gasteiger partial charge in [-0.2, -0.15) is 0 Å². The van der Waals surface area contributed by atoms with Gasteiger partial charge in [-0.3, -0.25) is 4.79 Å². The summed E-state index contributed by atoms with van der Waals surface area (Å²) >= 11 is 6.55. The molecule has 5 heteroatoms. The Balaban J connectivity index is 1.72. The summed E-state index contributed by atoms with van der Waals surface area (Å²) in [4.78, 5) is 15.8. The predicted octanol–water partition coefficient (Wildman–Crippen LogP) is 2.96. The fourth-order valence-electron chi connectivity index (χ4n) is 2.01. The van der Waals surface area contributed by atoms with Gasteiger partial charge in [-0.15, -0.1) is 11.3 Å². The lowest BCUT2D eigenvalue weighted by Crippen LogP contribution is -2.28. The molecule has 17 heavy (non-hydrogen) atoms. The van der Waals surface area contributed by atoms with E-state index in [0.29, 0.717) is 6.42 Å². The number of nitrogens with one attached hydrogen (secondary N) is 2. The van der Waals surface area contributed by atoms with Gasteiger partial charge in [-0.1, -0.05) is 19.3 Å². The largest absolute Gasteiger partial charge is 0.356 e. The Labute approximate surface area is 111 Å². The fraction of sp³-hybridized carbons (Fsp3) is 0.667. The van der Waals surface area contributed by atoms with E-state index < -0.39 is 0 Å². The summed E-state index contributed by atoms with van der Waals surface area (Å²) in [7, 11) is 0. The molecule has 94 valence electrons. The quantitative estimate of drug-likeness (QED) is 0.808. The van der Waals surface area contributed by atoms with Crippen LogP contribution in [0.3, 0.4) is 0 Å². The number of amides is 1. The average Bonchev–Trinajstić information content (AvgIpc) is 2.49. The van der Waals surface area contributed by atoms with Gasteiger partial charge in [0.15, 0.2) is 3.95 Å². The number of rotatable bonds is 5. The Morgan fingerprint density at radius 3 is 2.88 bits per heavy atom. The number of hydrogen-bond donors (Lipinski definition) is 2. The van der Waals surface area contributed by atoms with Crippen molar-refractivity contribution in [1.82, 2.24) is 10.3 Å². The van der Waals surface area contributed by atoms with Crippen molar-refractivity contribution in [2.75, 3.05) is 6.54 Å². The van der Waals surface area contributed by atoms with Crippen LogP contribution in [-0.4, -0.2) is 17.4 Å². The highest BCUT2D eigenvalue weighted by Gasteiger charge is 2.17. The summed E-state index contributed by atoms with van der Waals surface area (Å²) < 4.78 is 0.750. The van der Waals surface area contributed by atoms with Gasteiger partial charge in [-0.05, 0) is 31.5 Å². The molecule has 0 unspecified atom stereocenters. The van der Waals surface area contributed by atoms with Crippen molar-refractivity contribution in [3.05, 3.63) is 14.5 Å². The van der Waals surface area contributed by atoms with Gasteiger partial charge in [0.05, 0.1) is 6.42 Å². The second-order valence-corrected chi connectivity index (χ2v) is 6.45. The fourth-order valence-corrected chi connectivity index (χ4v) is 3.30. The molecule has 1 saturated carbocycles. The third kappa shape index (κ3) is 3.64. The molecule has 0 spiro atoms. The molecular weight excluding hydrogens is 252 g/mol. The van der Waals surface area contributed by atoms with Crippen molar-refractivity contribution in [1.29, 1.82) is 0 Å². The van der Waals surface area contributed by atoms with E-state index in [4.69, 9.17) is 12.2 Å². The van der Waals surface area contributed by atoms with E-state index in [1.165, 1.54) is 30.6 Å². The summed E-state index contributed by atoms with van der Waals surface area (Å²) in [5.74, 6) is 0.962. The minimum absolute atomic E-state index is 0.109. The Morgan fingerprint density at radius 2 is 2.35 bits per heavy atom. The average molecular weight is 270 g/mol. The number of carbonyl (C=O) groups excluding carboxylic acids is 1. The molecule has 1 heterocycles. The number of aryl methyl sites for hydroxylation is 1. The maximum Gasteiger partial charge on any atom is 0.225 e. The van der Waals surface area contributed by atoms with Crippen LogP contribution < -0.4 is 5.32 Å². The van der Waals surface area contributed by atoms with E-state index in [1.807, 2.05) is 6.92 Å². The molecule has 1 amide bonds. The van der Waals surface area contributed by atoms with E-state index >= 15 is 0 Å². The Hall–Kier alpha value is -0.680. The smallest absolute Gasteiger partial charge is 0.225 e. The van der Waals surface area contributed by atoms with E-state index in [-0.39, 0.29) is 5.91 Å². The number of H-pyrrole nitrogens is 1. The maximum atomic E-state index is 11.7. The van der Waals surface area contributed by atoms with Crippen LogP contribution in [0.1, 0.15) is 36.3 Å². The lowest BCUT2D eigenvalue weighted by molar-refractivity contribution is -0.120. The number of aromatic amines is 1. The van der Waals surface area contributed by atoms with E-state index in [2.05, 4.69) is 10.3 Å². The zero-order valence-electron chi connectivity index (χ0n) is 10.0. The first-order chi connectivity index (χ1) is 8.15. The van der Waals surface area contributed by atoms with Crippen LogP contribution in [-0.2, 0) is 11.2 Å². The molecule has 0 atom stereocenters. The highest BCUT2D eigenvalue weighted by molar-refractivity contribution is 7.73. The molecule has 1 aromatic rings. The van der Waals surface area contributed by atoms with Gasteiger partial charge in [0.1, 0.15) is 0 Å². The third-order valence-electron chi connectivity index (χ3n) is 3.34. The summed E-state index contributed by atoms with van der Waals surface area (Å²) in [6.07, 6.45) is 5.63. The van der Waals surface area contributed by atoms with Crippen LogP contribution in [0, 0.1) is 16.8 Å².